The van der Waals surface area contributed by atoms with Crippen LogP contribution < -0.4 is 15.4 Å². The van der Waals surface area contributed by atoms with Crippen molar-refractivity contribution >= 4 is 5.69 Å². The molecule has 1 unspecified atom stereocenters. The number of nitrogens with zero attached hydrogens (tertiary/aromatic N) is 1. The number of hydrogen-bond donors (Lipinski definition) is 1. The SMILES string of the molecule is CCC(CN)Oc1cccc(N(C)C)c1. The molecule has 0 saturated heterocycles. The molecule has 0 aromatic heterocycles. The van der Waals surface area contributed by atoms with E-state index in [0.29, 0.717) is 6.54 Å². The fraction of sp³-hybridized carbons (Fsp3) is 0.500. The second-order valence-corrected chi connectivity index (χ2v) is 3.78. The third-order valence-corrected chi connectivity index (χ3v) is 2.35. The number of nitrogens with two attached hydrogens (primary N) is 1. The van der Waals surface area contributed by atoms with E-state index in [0.717, 1.165) is 17.9 Å². The van der Waals surface area contributed by atoms with Crippen LogP contribution in [-0.2, 0) is 0 Å². The van der Waals surface area contributed by atoms with Crippen LogP contribution in [0.2, 0.25) is 0 Å². The summed E-state index contributed by atoms with van der Waals surface area (Å²) in [6.07, 6.45) is 1.05. The monoisotopic (exact) mass is 208 g/mol. The topological polar surface area (TPSA) is 38.5 Å². The summed E-state index contributed by atoms with van der Waals surface area (Å²) in [5.74, 6) is 0.888. The first-order valence-electron chi connectivity index (χ1n) is 5.31. The van der Waals surface area contributed by atoms with Crippen molar-refractivity contribution in [1.29, 1.82) is 0 Å². The number of rotatable bonds is 5. The van der Waals surface area contributed by atoms with E-state index < -0.39 is 0 Å². The molecular weight excluding hydrogens is 188 g/mol. The molecule has 0 heterocycles. The molecular formula is C12H20N2O. The highest BCUT2D eigenvalue weighted by Gasteiger charge is 2.05. The Bertz CT molecular complexity index is 295. The van der Waals surface area contributed by atoms with Crippen LogP contribution in [0.25, 0.3) is 0 Å². The lowest BCUT2D eigenvalue weighted by Crippen LogP contribution is -2.25. The van der Waals surface area contributed by atoms with Gasteiger partial charge in [-0.2, -0.15) is 0 Å². The van der Waals surface area contributed by atoms with Crippen LogP contribution in [0.15, 0.2) is 24.3 Å². The first-order valence-corrected chi connectivity index (χ1v) is 5.31. The molecule has 0 aliphatic carbocycles. The zero-order valence-corrected chi connectivity index (χ0v) is 9.73. The molecule has 0 fully saturated rings. The number of ether oxygens (including phenoxy) is 1. The lowest BCUT2D eigenvalue weighted by molar-refractivity contribution is 0.205. The second kappa shape index (κ2) is 5.61. The van der Waals surface area contributed by atoms with E-state index in [9.17, 15) is 0 Å². The summed E-state index contributed by atoms with van der Waals surface area (Å²) >= 11 is 0. The quantitative estimate of drug-likeness (QED) is 0.802. The van der Waals surface area contributed by atoms with E-state index in [1.807, 2.05) is 32.3 Å². The van der Waals surface area contributed by atoms with Gasteiger partial charge in [0.1, 0.15) is 11.9 Å². The predicted octanol–water partition coefficient (Wildman–Crippen LogP) is 1.87. The van der Waals surface area contributed by atoms with E-state index in [4.69, 9.17) is 10.5 Å². The fourth-order valence-corrected chi connectivity index (χ4v) is 1.33. The highest BCUT2D eigenvalue weighted by molar-refractivity contribution is 5.49. The van der Waals surface area contributed by atoms with Gasteiger partial charge in [0.2, 0.25) is 0 Å². The molecule has 0 spiro atoms. The Hall–Kier alpha value is -1.22. The molecule has 1 aromatic carbocycles. The predicted molar refractivity (Wildman–Crippen MR) is 64.5 cm³/mol. The standard InChI is InChI=1S/C12H20N2O/c1-4-11(9-13)15-12-7-5-6-10(8-12)14(2)3/h5-8,11H,4,9,13H2,1-3H3. The second-order valence-electron chi connectivity index (χ2n) is 3.78. The molecule has 1 aromatic rings. The number of hydrogen-bond acceptors (Lipinski definition) is 3. The van der Waals surface area contributed by atoms with Crippen LogP contribution in [0, 0.1) is 0 Å². The maximum atomic E-state index is 5.75. The van der Waals surface area contributed by atoms with Crippen molar-refractivity contribution in [1.82, 2.24) is 0 Å². The Morgan fingerprint density at radius 3 is 2.67 bits per heavy atom. The lowest BCUT2D eigenvalue weighted by atomic mass is 10.2. The molecule has 15 heavy (non-hydrogen) atoms. The van der Waals surface area contributed by atoms with Gasteiger partial charge in [0.05, 0.1) is 0 Å². The molecule has 0 amide bonds. The van der Waals surface area contributed by atoms with Gasteiger partial charge < -0.3 is 15.4 Å². The lowest BCUT2D eigenvalue weighted by Gasteiger charge is -2.18. The minimum atomic E-state index is 0.113. The third-order valence-electron chi connectivity index (χ3n) is 2.35. The zero-order chi connectivity index (χ0) is 11.3. The van der Waals surface area contributed by atoms with Crippen LogP contribution in [0.5, 0.6) is 5.75 Å². The first kappa shape index (κ1) is 11.9. The van der Waals surface area contributed by atoms with Crippen molar-refractivity contribution in [3.05, 3.63) is 24.3 Å². The molecule has 3 heteroatoms. The Balaban J connectivity index is 2.72. The summed E-state index contributed by atoms with van der Waals surface area (Å²) in [6, 6.07) is 8.04. The normalized spacial score (nSPS) is 12.3. The highest BCUT2D eigenvalue weighted by atomic mass is 16.5. The number of anilines is 1. The van der Waals surface area contributed by atoms with Gasteiger partial charge in [-0.1, -0.05) is 13.0 Å². The van der Waals surface area contributed by atoms with Gasteiger partial charge in [-0.05, 0) is 18.6 Å². The average molecular weight is 208 g/mol. The largest absolute Gasteiger partial charge is 0.489 e. The van der Waals surface area contributed by atoms with Crippen LogP contribution in [0.1, 0.15) is 13.3 Å². The maximum Gasteiger partial charge on any atom is 0.121 e. The minimum absolute atomic E-state index is 0.113. The average Bonchev–Trinajstić information content (AvgIpc) is 2.26. The number of benzene rings is 1. The molecule has 0 aliphatic rings. The van der Waals surface area contributed by atoms with Crippen LogP contribution in [0.3, 0.4) is 0 Å². The van der Waals surface area contributed by atoms with E-state index in [2.05, 4.69) is 17.9 Å². The van der Waals surface area contributed by atoms with Crippen molar-refractivity contribution in [2.24, 2.45) is 5.73 Å². The molecule has 3 nitrogen and oxygen atoms in total. The summed E-state index contributed by atoms with van der Waals surface area (Å²) < 4.78 is 5.75. The fourth-order valence-electron chi connectivity index (χ4n) is 1.33. The Kier molecular flexibility index (Phi) is 4.43. The molecule has 0 saturated carbocycles. The van der Waals surface area contributed by atoms with Crippen molar-refractivity contribution in [2.75, 3.05) is 25.5 Å². The highest BCUT2D eigenvalue weighted by Crippen LogP contribution is 2.20. The van der Waals surface area contributed by atoms with E-state index in [-0.39, 0.29) is 6.10 Å². The third kappa shape index (κ3) is 3.44. The Morgan fingerprint density at radius 1 is 1.40 bits per heavy atom. The Labute approximate surface area is 91.8 Å². The zero-order valence-electron chi connectivity index (χ0n) is 9.73. The van der Waals surface area contributed by atoms with Gasteiger partial charge in [-0.3, -0.25) is 0 Å². The van der Waals surface area contributed by atoms with E-state index in [1.54, 1.807) is 0 Å². The van der Waals surface area contributed by atoms with Crippen molar-refractivity contribution < 1.29 is 4.74 Å². The summed E-state index contributed by atoms with van der Waals surface area (Å²) in [5.41, 5.74) is 6.73. The van der Waals surface area contributed by atoms with E-state index in [1.165, 1.54) is 0 Å². The molecule has 0 bridgehead atoms. The van der Waals surface area contributed by atoms with Crippen molar-refractivity contribution in [2.45, 2.75) is 19.4 Å². The van der Waals surface area contributed by atoms with Gasteiger partial charge in [0, 0.05) is 32.4 Å². The smallest absolute Gasteiger partial charge is 0.121 e. The van der Waals surface area contributed by atoms with Gasteiger partial charge in [0.15, 0.2) is 0 Å². The van der Waals surface area contributed by atoms with Gasteiger partial charge in [0.25, 0.3) is 0 Å². The van der Waals surface area contributed by atoms with Gasteiger partial charge in [-0.15, -0.1) is 0 Å². The molecule has 84 valence electrons. The van der Waals surface area contributed by atoms with E-state index >= 15 is 0 Å². The van der Waals surface area contributed by atoms with Crippen LogP contribution >= 0.6 is 0 Å². The summed E-state index contributed by atoms with van der Waals surface area (Å²) in [5, 5.41) is 0. The van der Waals surface area contributed by atoms with Crippen molar-refractivity contribution in [3.8, 4) is 5.75 Å². The first-order chi connectivity index (χ1) is 7.17. The summed E-state index contributed by atoms with van der Waals surface area (Å²) in [4.78, 5) is 2.05. The molecule has 0 aliphatic heterocycles. The molecule has 2 N–H and O–H groups in total. The minimum Gasteiger partial charge on any atom is -0.489 e. The molecule has 1 atom stereocenters. The molecule has 0 radical (unpaired) electrons. The van der Waals surface area contributed by atoms with Crippen molar-refractivity contribution in [3.63, 3.8) is 0 Å². The molecule has 1 rings (SSSR count). The van der Waals surface area contributed by atoms with Crippen LogP contribution in [0.4, 0.5) is 5.69 Å². The summed E-state index contributed by atoms with van der Waals surface area (Å²) in [7, 11) is 4.03. The Morgan fingerprint density at radius 2 is 2.13 bits per heavy atom. The van der Waals surface area contributed by atoms with Crippen LogP contribution in [-0.4, -0.2) is 26.7 Å². The van der Waals surface area contributed by atoms with Gasteiger partial charge >= 0.3 is 0 Å². The summed E-state index contributed by atoms with van der Waals surface area (Å²) in [6.45, 7) is 2.63. The maximum absolute atomic E-state index is 5.75. The van der Waals surface area contributed by atoms with Gasteiger partial charge in [-0.25, -0.2) is 0 Å².